The van der Waals surface area contributed by atoms with Gasteiger partial charge in [0.05, 0.1) is 5.56 Å². The van der Waals surface area contributed by atoms with Gasteiger partial charge in [-0.25, -0.2) is 13.6 Å². The first-order chi connectivity index (χ1) is 13.8. The maximum Gasteiger partial charge on any atom is 0.335 e. The molecule has 0 saturated carbocycles. The Hall–Kier alpha value is -3.00. The number of hydrogen-bond donors (Lipinski definition) is 2. The number of carboxylic acid groups (broad SMARTS) is 1. The lowest BCUT2D eigenvalue weighted by Gasteiger charge is -2.16. The molecule has 1 aromatic heterocycles. The summed E-state index contributed by atoms with van der Waals surface area (Å²) in [4.78, 5) is 26.1. The topological polar surface area (TPSA) is 79.4 Å². The third-order valence-corrected chi connectivity index (χ3v) is 5.09. The standard InChI is InChI=1S/C21H16BrF2NO4/c1-11-16(8-12-3-2-4-13(7-12)21(27)28)19(18(22)20(26)25-11)29-10-14-5-6-15(23)9-17(14)24/h2-7,9H,8,10H2,1H3,(H,25,26)(H,27,28). The van der Waals surface area contributed by atoms with Crippen LogP contribution in [-0.4, -0.2) is 16.1 Å². The van der Waals surface area contributed by atoms with Crippen LogP contribution in [0.3, 0.4) is 0 Å². The summed E-state index contributed by atoms with van der Waals surface area (Å²) < 4.78 is 32.9. The number of aromatic nitrogens is 1. The minimum absolute atomic E-state index is 0.134. The number of pyridine rings is 1. The smallest absolute Gasteiger partial charge is 0.335 e. The highest BCUT2D eigenvalue weighted by Gasteiger charge is 2.17. The largest absolute Gasteiger partial charge is 0.487 e. The number of carbonyl (C=O) groups is 1. The Morgan fingerprint density at radius 1 is 1.21 bits per heavy atom. The fraction of sp³-hybridized carbons (Fsp3) is 0.143. The van der Waals surface area contributed by atoms with E-state index in [1.54, 1.807) is 19.1 Å². The van der Waals surface area contributed by atoms with Crippen molar-refractivity contribution in [3.63, 3.8) is 0 Å². The van der Waals surface area contributed by atoms with E-state index in [2.05, 4.69) is 20.9 Å². The van der Waals surface area contributed by atoms with Crippen molar-refractivity contribution in [2.45, 2.75) is 20.0 Å². The highest BCUT2D eigenvalue weighted by molar-refractivity contribution is 9.10. The van der Waals surface area contributed by atoms with Crippen molar-refractivity contribution in [2.24, 2.45) is 0 Å². The molecule has 0 spiro atoms. The summed E-state index contributed by atoms with van der Waals surface area (Å²) in [5.74, 6) is -2.28. The SMILES string of the molecule is Cc1[nH]c(=O)c(Br)c(OCc2ccc(F)cc2F)c1Cc1cccc(C(=O)O)c1. The molecule has 0 aliphatic carbocycles. The molecular weight excluding hydrogens is 448 g/mol. The van der Waals surface area contributed by atoms with Gasteiger partial charge in [-0.1, -0.05) is 12.1 Å². The molecule has 3 aromatic rings. The number of nitrogens with one attached hydrogen (secondary N) is 1. The third-order valence-electron chi connectivity index (χ3n) is 4.37. The maximum absolute atomic E-state index is 13.9. The summed E-state index contributed by atoms with van der Waals surface area (Å²) in [6.07, 6.45) is 0.281. The first-order valence-corrected chi connectivity index (χ1v) is 9.35. The summed E-state index contributed by atoms with van der Waals surface area (Å²) >= 11 is 3.20. The van der Waals surface area contributed by atoms with Crippen LogP contribution in [0.2, 0.25) is 0 Å². The average molecular weight is 464 g/mol. The van der Waals surface area contributed by atoms with Crippen molar-refractivity contribution in [1.82, 2.24) is 4.98 Å². The Labute approximate surface area is 173 Å². The van der Waals surface area contributed by atoms with Gasteiger partial charge in [-0.15, -0.1) is 0 Å². The molecule has 3 rings (SSSR count). The summed E-state index contributed by atoms with van der Waals surface area (Å²) in [5.41, 5.74) is 1.70. The van der Waals surface area contributed by atoms with Gasteiger partial charge < -0.3 is 14.8 Å². The first-order valence-electron chi connectivity index (χ1n) is 8.56. The molecule has 5 nitrogen and oxygen atoms in total. The van der Waals surface area contributed by atoms with Gasteiger partial charge >= 0.3 is 5.97 Å². The molecule has 29 heavy (non-hydrogen) atoms. The van der Waals surface area contributed by atoms with Crippen LogP contribution in [0.5, 0.6) is 5.75 Å². The van der Waals surface area contributed by atoms with Crippen molar-refractivity contribution < 1.29 is 23.4 Å². The highest BCUT2D eigenvalue weighted by Crippen LogP contribution is 2.31. The van der Waals surface area contributed by atoms with E-state index in [-0.39, 0.29) is 34.4 Å². The number of ether oxygens (including phenoxy) is 1. The molecule has 0 bridgehead atoms. The lowest BCUT2D eigenvalue weighted by molar-refractivity contribution is 0.0696. The summed E-state index contributed by atoms with van der Waals surface area (Å²) in [5, 5.41) is 9.18. The van der Waals surface area contributed by atoms with Crippen LogP contribution in [0.15, 0.2) is 51.7 Å². The number of aromatic amines is 1. The van der Waals surface area contributed by atoms with E-state index >= 15 is 0 Å². The summed E-state index contributed by atoms with van der Waals surface area (Å²) in [6, 6.07) is 9.56. The van der Waals surface area contributed by atoms with Crippen LogP contribution in [0, 0.1) is 18.6 Å². The number of aromatic carboxylic acids is 1. The van der Waals surface area contributed by atoms with Gasteiger partial charge in [-0.3, -0.25) is 4.79 Å². The fourth-order valence-electron chi connectivity index (χ4n) is 2.88. The minimum Gasteiger partial charge on any atom is -0.487 e. The minimum atomic E-state index is -1.05. The van der Waals surface area contributed by atoms with Crippen molar-refractivity contribution >= 4 is 21.9 Å². The molecule has 2 aromatic carbocycles. The van der Waals surface area contributed by atoms with E-state index in [9.17, 15) is 23.5 Å². The van der Waals surface area contributed by atoms with E-state index in [1.807, 2.05) is 0 Å². The Morgan fingerprint density at radius 3 is 2.66 bits per heavy atom. The predicted molar refractivity (Wildman–Crippen MR) is 106 cm³/mol. The van der Waals surface area contributed by atoms with E-state index in [4.69, 9.17) is 4.74 Å². The summed E-state index contributed by atoms with van der Waals surface area (Å²) in [7, 11) is 0. The van der Waals surface area contributed by atoms with Crippen LogP contribution in [0.1, 0.15) is 32.7 Å². The van der Waals surface area contributed by atoms with Crippen LogP contribution < -0.4 is 10.3 Å². The lowest BCUT2D eigenvalue weighted by Crippen LogP contribution is -2.15. The molecule has 2 N–H and O–H groups in total. The highest BCUT2D eigenvalue weighted by atomic mass is 79.9. The van der Waals surface area contributed by atoms with E-state index in [1.165, 1.54) is 18.2 Å². The Kier molecular flexibility index (Phi) is 6.12. The lowest BCUT2D eigenvalue weighted by atomic mass is 10.0. The zero-order chi connectivity index (χ0) is 21.1. The second-order valence-electron chi connectivity index (χ2n) is 6.41. The Bertz CT molecular complexity index is 1140. The van der Waals surface area contributed by atoms with Gasteiger partial charge in [-0.2, -0.15) is 0 Å². The van der Waals surface area contributed by atoms with Crippen LogP contribution in [-0.2, 0) is 13.0 Å². The molecule has 150 valence electrons. The number of aryl methyl sites for hydroxylation is 1. The molecule has 0 aliphatic rings. The molecule has 0 atom stereocenters. The zero-order valence-electron chi connectivity index (χ0n) is 15.3. The molecule has 0 amide bonds. The molecular formula is C21H16BrF2NO4. The Morgan fingerprint density at radius 2 is 1.97 bits per heavy atom. The molecule has 0 fully saturated rings. The van der Waals surface area contributed by atoms with Gasteiger partial charge in [0.15, 0.2) is 0 Å². The van der Waals surface area contributed by atoms with Crippen LogP contribution >= 0.6 is 15.9 Å². The molecule has 8 heteroatoms. The van der Waals surface area contributed by atoms with E-state index < -0.39 is 23.2 Å². The van der Waals surface area contributed by atoms with Crippen molar-refractivity contribution in [2.75, 3.05) is 0 Å². The zero-order valence-corrected chi connectivity index (χ0v) is 16.8. The number of rotatable bonds is 6. The van der Waals surface area contributed by atoms with Crippen LogP contribution in [0.25, 0.3) is 0 Å². The second kappa shape index (κ2) is 8.57. The van der Waals surface area contributed by atoms with E-state index in [0.29, 0.717) is 16.8 Å². The first kappa shape index (κ1) is 20.7. The maximum atomic E-state index is 13.9. The third kappa shape index (κ3) is 4.71. The molecule has 0 radical (unpaired) electrons. The van der Waals surface area contributed by atoms with Crippen molar-refractivity contribution in [3.05, 3.63) is 96.9 Å². The average Bonchev–Trinajstić information content (AvgIpc) is 2.67. The quantitative estimate of drug-likeness (QED) is 0.560. The summed E-state index contributed by atoms with van der Waals surface area (Å²) in [6.45, 7) is 1.48. The number of hydrogen-bond acceptors (Lipinski definition) is 3. The van der Waals surface area contributed by atoms with Crippen molar-refractivity contribution in [3.8, 4) is 5.75 Å². The number of benzene rings is 2. The second-order valence-corrected chi connectivity index (χ2v) is 7.20. The van der Waals surface area contributed by atoms with Crippen molar-refractivity contribution in [1.29, 1.82) is 0 Å². The normalized spacial score (nSPS) is 10.8. The van der Waals surface area contributed by atoms with Gasteiger partial charge in [0.25, 0.3) is 5.56 Å². The number of halogens is 3. The van der Waals surface area contributed by atoms with Crippen LogP contribution in [0.4, 0.5) is 8.78 Å². The monoisotopic (exact) mass is 463 g/mol. The Balaban J connectivity index is 1.97. The molecule has 0 saturated heterocycles. The number of H-pyrrole nitrogens is 1. The van der Waals surface area contributed by atoms with Gasteiger partial charge in [0.1, 0.15) is 28.5 Å². The molecule has 0 aliphatic heterocycles. The molecule has 0 unspecified atom stereocenters. The predicted octanol–water partition coefficient (Wildman–Crippen LogP) is 4.59. The fourth-order valence-corrected chi connectivity index (χ4v) is 3.33. The van der Waals surface area contributed by atoms with Gasteiger partial charge in [0, 0.05) is 29.3 Å². The van der Waals surface area contributed by atoms with E-state index in [0.717, 1.165) is 12.1 Å². The number of carboxylic acids is 1. The van der Waals surface area contributed by atoms with Gasteiger partial charge in [0.2, 0.25) is 0 Å². The molecule has 1 heterocycles. The van der Waals surface area contributed by atoms with Gasteiger partial charge in [-0.05, 0) is 52.7 Å².